The second-order valence-corrected chi connectivity index (χ2v) is 8.79. The molecule has 1 atom stereocenters. The minimum absolute atomic E-state index is 0.126. The van der Waals surface area contributed by atoms with Crippen molar-refractivity contribution in [3.8, 4) is 10.6 Å². The van der Waals surface area contributed by atoms with Crippen molar-refractivity contribution in [2.24, 2.45) is 0 Å². The van der Waals surface area contributed by atoms with Gasteiger partial charge in [-0.1, -0.05) is 19.1 Å². The first-order valence-corrected chi connectivity index (χ1v) is 11.4. The SMILES string of the molecule is CC[C@H]1CCCN1Cc1ccc2c(c1)NC(=O)N(c1csc(-c3ccncc3)n1)C2. The Bertz CT molecular complexity index is 1050. The summed E-state index contributed by atoms with van der Waals surface area (Å²) < 4.78 is 0. The number of nitrogens with one attached hydrogen (secondary N) is 1. The predicted octanol–water partition coefficient (Wildman–Crippen LogP) is 5.13. The first-order chi connectivity index (χ1) is 14.7. The van der Waals surface area contributed by atoms with Crippen molar-refractivity contribution < 1.29 is 4.79 Å². The second-order valence-electron chi connectivity index (χ2n) is 7.93. The molecule has 4 heterocycles. The van der Waals surface area contributed by atoms with Crippen LogP contribution in [0.3, 0.4) is 0 Å². The molecule has 2 aliphatic heterocycles. The van der Waals surface area contributed by atoms with Crippen molar-refractivity contribution in [2.45, 2.75) is 45.3 Å². The molecule has 0 spiro atoms. The molecule has 0 saturated carbocycles. The van der Waals surface area contributed by atoms with Crippen molar-refractivity contribution in [3.63, 3.8) is 0 Å². The maximum absolute atomic E-state index is 12.8. The lowest BCUT2D eigenvalue weighted by molar-refractivity contribution is 0.240. The number of rotatable bonds is 5. The Hall–Kier alpha value is -2.77. The van der Waals surface area contributed by atoms with E-state index in [1.807, 2.05) is 17.5 Å². The summed E-state index contributed by atoms with van der Waals surface area (Å²) in [7, 11) is 0. The third-order valence-corrected chi connectivity index (χ3v) is 6.92. The topological polar surface area (TPSA) is 61.4 Å². The van der Waals surface area contributed by atoms with Crippen molar-refractivity contribution in [2.75, 3.05) is 16.8 Å². The molecule has 0 radical (unpaired) electrons. The molecule has 1 fully saturated rings. The van der Waals surface area contributed by atoms with Crippen LogP contribution in [-0.2, 0) is 13.1 Å². The fourth-order valence-corrected chi connectivity index (χ4v) is 5.22. The molecule has 0 bridgehead atoms. The molecule has 1 aromatic carbocycles. The zero-order valence-electron chi connectivity index (χ0n) is 17.0. The van der Waals surface area contributed by atoms with Gasteiger partial charge >= 0.3 is 6.03 Å². The van der Waals surface area contributed by atoms with Crippen LogP contribution in [0.4, 0.5) is 16.3 Å². The van der Waals surface area contributed by atoms with Crippen LogP contribution in [0.5, 0.6) is 0 Å². The normalized spacial score (nSPS) is 19.0. The van der Waals surface area contributed by atoms with Crippen LogP contribution >= 0.6 is 11.3 Å². The van der Waals surface area contributed by atoms with Gasteiger partial charge in [0.25, 0.3) is 0 Å². The van der Waals surface area contributed by atoms with Crippen molar-refractivity contribution in [1.29, 1.82) is 0 Å². The van der Waals surface area contributed by atoms with Crippen LogP contribution in [0.15, 0.2) is 48.1 Å². The Kier molecular flexibility index (Phi) is 5.23. The van der Waals surface area contributed by atoms with Crippen LogP contribution in [0.1, 0.15) is 37.3 Å². The van der Waals surface area contributed by atoms with Gasteiger partial charge < -0.3 is 5.32 Å². The lowest BCUT2D eigenvalue weighted by atomic mass is 10.1. The van der Waals surface area contributed by atoms with E-state index in [9.17, 15) is 4.79 Å². The van der Waals surface area contributed by atoms with E-state index >= 15 is 0 Å². The standard InChI is InChI=1S/C23H25N5OS/c1-2-19-4-3-11-27(19)13-16-5-6-18-14-28(23(29)25-20(18)12-16)21-15-30-22(26-21)17-7-9-24-10-8-17/h5-10,12,15,19H,2-4,11,13-14H2,1H3,(H,25,29)/t19-/m0/s1. The minimum atomic E-state index is -0.126. The Morgan fingerprint density at radius 2 is 2.10 bits per heavy atom. The third kappa shape index (κ3) is 3.70. The smallest absolute Gasteiger partial charge is 0.307 e. The highest BCUT2D eigenvalue weighted by atomic mass is 32.1. The summed E-state index contributed by atoms with van der Waals surface area (Å²) in [6.07, 6.45) is 7.28. The number of likely N-dealkylation sites (tertiary alicyclic amines) is 1. The van der Waals surface area contributed by atoms with Gasteiger partial charge in [-0.05, 0) is 55.1 Å². The zero-order valence-corrected chi connectivity index (χ0v) is 17.9. The predicted molar refractivity (Wildman–Crippen MR) is 121 cm³/mol. The van der Waals surface area contributed by atoms with E-state index in [1.165, 1.54) is 42.7 Å². The first kappa shape index (κ1) is 19.2. The summed E-state index contributed by atoms with van der Waals surface area (Å²) in [6.45, 7) is 4.91. The monoisotopic (exact) mass is 419 g/mol. The number of carbonyl (C=O) groups is 1. The highest BCUT2D eigenvalue weighted by Crippen LogP contribution is 2.32. The first-order valence-electron chi connectivity index (χ1n) is 10.5. The molecular weight excluding hydrogens is 394 g/mol. The number of nitrogens with zero attached hydrogens (tertiary/aromatic N) is 4. The Labute approximate surface area is 180 Å². The molecule has 7 heteroatoms. The average molecular weight is 420 g/mol. The molecule has 1 N–H and O–H groups in total. The van der Waals surface area contributed by atoms with Gasteiger partial charge in [0.15, 0.2) is 0 Å². The Morgan fingerprint density at radius 1 is 1.23 bits per heavy atom. The minimum Gasteiger partial charge on any atom is -0.307 e. The van der Waals surface area contributed by atoms with Gasteiger partial charge in [0.2, 0.25) is 0 Å². The summed E-state index contributed by atoms with van der Waals surface area (Å²) in [4.78, 5) is 25.8. The van der Waals surface area contributed by atoms with Gasteiger partial charge in [-0.25, -0.2) is 9.78 Å². The van der Waals surface area contributed by atoms with Gasteiger partial charge in [-0.15, -0.1) is 11.3 Å². The Balaban J connectivity index is 1.33. The molecule has 154 valence electrons. The quantitative estimate of drug-likeness (QED) is 0.623. The zero-order chi connectivity index (χ0) is 20.5. The summed E-state index contributed by atoms with van der Waals surface area (Å²) in [5, 5.41) is 5.90. The fraction of sp³-hybridized carbons (Fsp3) is 0.348. The van der Waals surface area contributed by atoms with Crippen molar-refractivity contribution in [1.82, 2.24) is 14.9 Å². The molecule has 2 amide bonds. The van der Waals surface area contributed by atoms with Gasteiger partial charge in [0, 0.05) is 41.6 Å². The molecule has 6 nitrogen and oxygen atoms in total. The maximum Gasteiger partial charge on any atom is 0.327 e. The van der Waals surface area contributed by atoms with Gasteiger partial charge in [-0.3, -0.25) is 14.8 Å². The number of benzene rings is 1. The van der Waals surface area contributed by atoms with Crippen LogP contribution in [0.2, 0.25) is 0 Å². The van der Waals surface area contributed by atoms with Crippen LogP contribution in [0.25, 0.3) is 10.6 Å². The van der Waals surface area contributed by atoms with E-state index in [1.54, 1.807) is 17.3 Å². The number of hydrogen-bond acceptors (Lipinski definition) is 5. The molecule has 1 saturated heterocycles. The van der Waals surface area contributed by atoms with Gasteiger partial charge in [0.1, 0.15) is 10.8 Å². The lowest BCUT2D eigenvalue weighted by Gasteiger charge is -2.29. The molecule has 3 aromatic rings. The number of hydrogen-bond donors (Lipinski definition) is 1. The molecule has 5 rings (SSSR count). The van der Waals surface area contributed by atoms with Crippen molar-refractivity contribution in [3.05, 3.63) is 59.2 Å². The second kappa shape index (κ2) is 8.16. The van der Waals surface area contributed by atoms with Crippen LogP contribution in [-0.4, -0.2) is 33.5 Å². The average Bonchev–Trinajstić information content (AvgIpc) is 3.43. The largest absolute Gasteiger partial charge is 0.327 e. The van der Waals surface area contributed by atoms with E-state index in [2.05, 4.69) is 45.3 Å². The molecule has 2 aromatic heterocycles. The number of fused-ring (bicyclic) bond motifs is 1. The molecule has 2 aliphatic rings. The van der Waals surface area contributed by atoms with E-state index < -0.39 is 0 Å². The maximum atomic E-state index is 12.8. The van der Waals surface area contributed by atoms with E-state index in [-0.39, 0.29) is 6.03 Å². The highest BCUT2D eigenvalue weighted by molar-refractivity contribution is 7.13. The molecular formula is C23H25N5OS. The fourth-order valence-electron chi connectivity index (χ4n) is 4.40. The lowest BCUT2D eigenvalue weighted by Crippen LogP contribution is -2.39. The van der Waals surface area contributed by atoms with Crippen molar-refractivity contribution >= 4 is 28.9 Å². The summed E-state index contributed by atoms with van der Waals surface area (Å²) in [5.41, 5.74) is 4.31. The number of carbonyl (C=O) groups excluding carboxylic acids is 1. The number of pyridine rings is 1. The van der Waals surface area contributed by atoms with E-state index in [0.717, 1.165) is 28.4 Å². The summed E-state index contributed by atoms with van der Waals surface area (Å²) in [5.74, 6) is 0.682. The molecule has 30 heavy (non-hydrogen) atoms. The molecule has 0 aliphatic carbocycles. The number of urea groups is 1. The number of anilines is 2. The van der Waals surface area contributed by atoms with E-state index in [0.29, 0.717) is 18.4 Å². The summed E-state index contributed by atoms with van der Waals surface area (Å²) in [6, 6.07) is 10.9. The van der Waals surface area contributed by atoms with Crippen LogP contribution in [0, 0.1) is 0 Å². The van der Waals surface area contributed by atoms with Gasteiger partial charge in [0.05, 0.1) is 6.54 Å². The third-order valence-electron chi connectivity index (χ3n) is 6.04. The number of thiazole rings is 1. The van der Waals surface area contributed by atoms with Crippen LogP contribution < -0.4 is 10.2 Å². The molecule has 0 unspecified atom stereocenters. The highest BCUT2D eigenvalue weighted by Gasteiger charge is 2.27. The number of amides is 2. The van der Waals surface area contributed by atoms with E-state index in [4.69, 9.17) is 0 Å². The number of aromatic nitrogens is 2. The summed E-state index contributed by atoms with van der Waals surface area (Å²) >= 11 is 1.54. The Morgan fingerprint density at radius 3 is 2.93 bits per heavy atom. The van der Waals surface area contributed by atoms with Gasteiger partial charge in [-0.2, -0.15) is 0 Å².